The summed E-state index contributed by atoms with van der Waals surface area (Å²) in [4.78, 5) is 9.22. The molecule has 0 atom stereocenters. The molecule has 4 heterocycles. The van der Waals surface area contributed by atoms with Gasteiger partial charge in [0.25, 0.3) is 0 Å². The van der Waals surface area contributed by atoms with Crippen molar-refractivity contribution in [3.05, 3.63) is 78.3 Å². The van der Waals surface area contributed by atoms with Crippen molar-refractivity contribution < 1.29 is 9.47 Å². The van der Waals surface area contributed by atoms with E-state index < -0.39 is 0 Å². The number of thiocarbonyl (C=S) groups is 1. The fraction of sp³-hybridized carbons (Fsp3) is 0.290. The number of nitriles is 1. The van der Waals surface area contributed by atoms with E-state index in [-0.39, 0.29) is 0 Å². The molecule has 0 amide bonds. The SMILES string of the molecule is C=C(C)c1ccc(CNC(=S)N2CCN(c3ccc(-c4cc(OCC)cn5ncc(C#N)c45)cn3)CC2)cc1OC. The van der Waals surface area contributed by atoms with E-state index in [1.807, 2.05) is 50.4 Å². The fourth-order valence-electron chi connectivity index (χ4n) is 5.00. The van der Waals surface area contributed by atoms with E-state index in [9.17, 15) is 5.26 Å². The van der Waals surface area contributed by atoms with Gasteiger partial charge in [0, 0.05) is 55.6 Å². The molecule has 9 nitrogen and oxygen atoms in total. The Hall–Kier alpha value is -4.62. The van der Waals surface area contributed by atoms with Gasteiger partial charge in [0.2, 0.25) is 0 Å². The lowest BCUT2D eigenvalue weighted by molar-refractivity contribution is 0.338. The Morgan fingerprint density at radius 1 is 1.15 bits per heavy atom. The highest BCUT2D eigenvalue weighted by Gasteiger charge is 2.21. The van der Waals surface area contributed by atoms with Crippen LogP contribution in [0.5, 0.6) is 11.5 Å². The summed E-state index contributed by atoms with van der Waals surface area (Å²) in [5, 5.41) is 18.1. The number of pyridine rings is 2. The number of aromatic nitrogens is 3. The Morgan fingerprint density at radius 3 is 2.61 bits per heavy atom. The Bertz CT molecular complexity index is 1620. The van der Waals surface area contributed by atoms with Gasteiger partial charge in [-0.3, -0.25) is 0 Å². The van der Waals surface area contributed by atoms with E-state index in [4.69, 9.17) is 26.7 Å². The maximum atomic E-state index is 9.60. The number of piperazine rings is 1. The molecule has 1 fully saturated rings. The molecule has 1 aromatic carbocycles. The van der Waals surface area contributed by atoms with Crippen LogP contribution in [0.3, 0.4) is 0 Å². The molecule has 5 rings (SSSR count). The molecule has 0 aliphatic carbocycles. The molecule has 210 valence electrons. The van der Waals surface area contributed by atoms with Crippen LogP contribution in [-0.4, -0.2) is 64.5 Å². The van der Waals surface area contributed by atoms with Crippen molar-refractivity contribution in [1.29, 1.82) is 5.26 Å². The molecule has 1 aliphatic heterocycles. The third-order valence-electron chi connectivity index (χ3n) is 7.14. The molecular formula is C31H33N7O2S. The van der Waals surface area contributed by atoms with Gasteiger partial charge < -0.3 is 24.6 Å². The van der Waals surface area contributed by atoms with E-state index >= 15 is 0 Å². The molecule has 1 aliphatic rings. The smallest absolute Gasteiger partial charge is 0.169 e. The standard InChI is InChI=1S/C31H33N7O2S/c1-5-40-25-15-27(30-24(16-32)19-35-38(30)20-25)23-7-9-29(33-18-23)36-10-12-37(13-11-36)31(41)34-17-22-6-8-26(21(2)3)28(14-22)39-4/h6-9,14-15,18-20H,2,5,10-13,17H2,1,3-4H3,(H,34,41). The van der Waals surface area contributed by atoms with Gasteiger partial charge in [0.1, 0.15) is 23.4 Å². The van der Waals surface area contributed by atoms with Gasteiger partial charge in [0.15, 0.2) is 5.11 Å². The number of fused-ring (bicyclic) bond motifs is 1. The normalized spacial score (nSPS) is 13.1. The summed E-state index contributed by atoms with van der Waals surface area (Å²) >= 11 is 5.70. The zero-order chi connectivity index (χ0) is 28.9. The second kappa shape index (κ2) is 12.3. The van der Waals surface area contributed by atoms with Crippen LogP contribution in [0, 0.1) is 11.3 Å². The first-order chi connectivity index (χ1) is 19.9. The molecule has 3 aromatic heterocycles. The Kier molecular flexibility index (Phi) is 8.36. The van der Waals surface area contributed by atoms with Gasteiger partial charge in [-0.2, -0.15) is 10.4 Å². The minimum absolute atomic E-state index is 0.510. The van der Waals surface area contributed by atoms with Crippen LogP contribution >= 0.6 is 12.2 Å². The molecule has 4 aromatic rings. The molecule has 10 heteroatoms. The number of hydrogen-bond donors (Lipinski definition) is 1. The predicted octanol–water partition coefficient (Wildman–Crippen LogP) is 4.91. The first kappa shape index (κ1) is 27.9. The van der Waals surface area contributed by atoms with Crippen molar-refractivity contribution in [3.63, 3.8) is 0 Å². The number of rotatable bonds is 8. The molecular weight excluding hydrogens is 534 g/mol. The molecule has 0 radical (unpaired) electrons. The van der Waals surface area contributed by atoms with Crippen molar-refractivity contribution in [2.75, 3.05) is 44.8 Å². The van der Waals surface area contributed by atoms with E-state index in [2.05, 4.69) is 38.9 Å². The highest BCUT2D eigenvalue weighted by molar-refractivity contribution is 7.80. The van der Waals surface area contributed by atoms with Gasteiger partial charge >= 0.3 is 0 Å². The van der Waals surface area contributed by atoms with Crippen molar-refractivity contribution in [1.82, 2.24) is 24.8 Å². The van der Waals surface area contributed by atoms with Crippen molar-refractivity contribution in [2.45, 2.75) is 20.4 Å². The molecule has 41 heavy (non-hydrogen) atoms. The summed E-state index contributed by atoms with van der Waals surface area (Å²) in [5.41, 5.74) is 6.09. The maximum absolute atomic E-state index is 9.60. The van der Waals surface area contributed by atoms with Crippen molar-refractivity contribution >= 4 is 34.2 Å². The average Bonchev–Trinajstić information content (AvgIpc) is 3.42. The summed E-state index contributed by atoms with van der Waals surface area (Å²) in [7, 11) is 1.68. The summed E-state index contributed by atoms with van der Waals surface area (Å²) < 4.78 is 13.0. The monoisotopic (exact) mass is 567 g/mol. The minimum atomic E-state index is 0.510. The third kappa shape index (κ3) is 5.95. The number of hydrogen-bond acceptors (Lipinski definition) is 7. The number of allylic oxidation sites excluding steroid dienone is 1. The molecule has 1 N–H and O–H groups in total. The Labute approximate surface area is 245 Å². The quantitative estimate of drug-likeness (QED) is 0.298. The average molecular weight is 568 g/mol. The lowest BCUT2D eigenvalue weighted by atomic mass is 10.1. The summed E-state index contributed by atoms with van der Waals surface area (Å²) in [5.74, 6) is 2.41. The lowest BCUT2D eigenvalue weighted by Gasteiger charge is -2.36. The molecule has 0 unspecified atom stereocenters. The van der Waals surface area contributed by atoms with Crippen LogP contribution in [-0.2, 0) is 6.54 Å². The van der Waals surface area contributed by atoms with Crippen molar-refractivity contribution in [2.24, 2.45) is 0 Å². The Morgan fingerprint density at radius 2 is 1.95 bits per heavy atom. The zero-order valence-electron chi connectivity index (χ0n) is 23.6. The minimum Gasteiger partial charge on any atom is -0.496 e. The van der Waals surface area contributed by atoms with Gasteiger partial charge in [0.05, 0.1) is 37.2 Å². The van der Waals surface area contributed by atoms with Crippen LogP contribution in [0.2, 0.25) is 0 Å². The number of anilines is 1. The molecule has 0 bridgehead atoms. The van der Waals surface area contributed by atoms with Crippen LogP contribution in [0.15, 0.2) is 61.6 Å². The summed E-state index contributed by atoms with van der Waals surface area (Å²) in [6.07, 6.45) is 5.21. The third-order valence-corrected chi connectivity index (χ3v) is 7.54. The number of methoxy groups -OCH3 is 1. The Balaban J connectivity index is 1.22. The predicted molar refractivity (Wildman–Crippen MR) is 165 cm³/mol. The number of benzene rings is 1. The van der Waals surface area contributed by atoms with E-state index in [1.54, 1.807) is 24.0 Å². The molecule has 0 spiro atoms. The van der Waals surface area contributed by atoms with Crippen LogP contribution in [0.25, 0.3) is 22.2 Å². The number of nitrogens with zero attached hydrogens (tertiary/aromatic N) is 6. The van der Waals surface area contributed by atoms with Crippen LogP contribution in [0.1, 0.15) is 30.5 Å². The van der Waals surface area contributed by atoms with Gasteiger partial charge in [-0.25, -0.2) is 9.50 Å². The highest BCUT2D eigenvalue weighted by atomic mass is 32.1. The van der Waals surface area contributed by atoms with E-state index in [0.29, 0.717) is 24.5 Å². The maximum Gasteiger partial charge on any atom is 0.169 e. The number of ether oxygens (including phenoxy) is 2. The summed E-state index contributed by atoms with van der Waals surface area (Å²) in [6.45, 7) is 12.3. The molecule has 0 saturated carbocycles. The second-order valence-corrected chi connectivity index (χ2v) is 10.2. The first-order valence-corrected chi connectivity index (χ1v) is 13.9. The van der Waals surface area contributed by atoms with Gasteiger partial charge in [-0.05, 0) is 61.5 Å². The van der Waals surface area contributed by atoms with E-state index in [1.165, 1.54) is 0 Å². The number of nitrogens with one attached hydrogen (secondary N) is 1. The largest absolute Gasteiger partial charge is 0.496 e. The highest BCUT2D eigenvalue weighted by Crippen LogP contribution is 2.31. The topological polar surface area (TPSA) is 91.0 Å². The molecule has 1 saturated heterocycles. The van der Waals surface area contributed by atoms with Gasteiger partial charge in [-0.1, -0.05) is 18.7 Å². The van der Waals surface area contributed by atoms with Gasteiger partial charge in [-0.15, -0.1) is 0 Å². The van der Waals surface area contributed by atoms with E-state index in [0.717, 1.165) is 76.2 Å². The fourth-order valence-corrected chi connectivity index (χ4v) is 5.26. The van der Waals surface area contributed by atoms with Crippen molar-refractivity contribution in [3.8, 4) is 28.7 Å². The van der Waals surface area contributed by atoms with Crippen LogP contribution in [0.4, 0.5) is 5.82 Å². The second-order valence-electron chi connectivity index (χ2n) is 9.84. The lowest BCUT2D eigenvalue weighted by Crippen LogP contribution is -2.51. The zero-order valence-corrected chi connectivity index (χ0v) is 24.4. The van der Waals surface area contributed by atoms with Crippen LogP contribution < -0.4 is 19.7 Å². The summed E-state index contributed by atoms with van der Waals surface area (Å²) in [6, 6.07) is 14.4. The first-order valence-electron chi connectivity index (χ1n) is 13.5.